The van der Waals surface area contributed by atoms with Crippen LogP contribution < -0.4 is 4.87 Å². The van der Waals surface area contributed by atoms with Crippen LogP contribution in [0.5, 0.6) is 0 Å². The Balaban J connectivity index is 1.65. The molecular formula is C17H23N3O2S. The van der Waals surface area contributed by atoms with E-state index in [0.29, 0.717) is 6.10 Å². The van der Waals surface area contributed by atoms with E-state index in [2.05, 4.69) is 16.0 Å². The first-order valence-corrected chi connectivity index (χ1v) is 8.98. The Hall–Kier alpha value is -1.50. The maximum Gasteiger partial charge on any atom is 0.307 e. The summed E-state index contributed by atoms with van der Waals surface area (Å²) < 4.78 is 7.64. The minimum absolute atomic E-state index is 0.126. The molecule has 0 spiro atoms. The van der Waals surface area contributed by atoms with Gasteiger partial charge in [-0.1, -0.05) is 17.4 Å². The van der Waals surface area contributed by atoms with E-state index in [-0.39, 0.29) is 4.87 Å². The predicted molar refractivity (Wildman–Crippen MR) is 91.8 cm³/mol. The molecule has 1 atom stereocenters. The van der Waals surface area contributed by atoms with Crippen molar-refractivity contribution in [3.63, 3.8) is 0 Å². The average Bonchev–Trinajstić information content (AvgIpc) is 3.17. The lowest BCUT2D eigenvalue weighted by atomic mass is 10.2. The van der Waals surface area contributed by atoms with Crippen molar-refractivity contribution in [2.45, 2.75) is 39.0 Å². The smallest absolute Gasteiger partial charge is 0.307 e. The molecule has 1 saturated heterocycles. The summed E-state index contributed by atoms with van der Waals surface area (Å²) in [5.41, 5.74) is 2.23. The lowest BCUT2D eigenvalue weighted by Gasteiger charge is -2.25. The Morgan fingerprint density at radius 3 is 3.09 bits per heavy atom. The third-order valence-electron chi connectivity index (χ3n) is 4.23. The second-order valence-electron chi connectivity index (χ2n) is 6.03. The number of thiazole rings is 1. The zero-order valence-corrected chi connectivity index (χ0v) is 14.3. The van der Waals surface area contributed by atoms with E-state index in [1.165, 1.54) is 16.9 Å². The van der Waals surface area contributed by atoms with E-state index >= 15 is 0 Å². The third-order valence-corrected chi connectivity index (χ3v) is 5.11. The maximum atomic E-state index is 11.9. The molecule has 0 amide bonds. The second kappa shape index (κ2) is 7.86. The van der Waals surface area contributed by atoms with Gasteiger partial charge in [-0.15, -0.1) is 0 Å². The molecular weight excluding hydrogens is 310 g/mol. The molecule has 0 unspecified atom stereocenters. The van der Waals surface area contributed by atoms with E-state index in [4.69, 9.17) is 4.74 Å². The largest absolute Gasteiger partial charge is 0.377 e. The molecule has 124 valence electrons. The molecule has 5 nitrogen and oxygen atoms in total. The normalized spacial score (nSPS) is 17.9. The van der Waals surface area contributed by atoms with E-state index < -0.39 is 0 Å². The monoisotopic (exact) mass is 333 g/mol. The summed E-state index contributed by atoms with van der Waals surface area (Å²) in [4.78, 5) is 18.6. The second-order valence-corrected chi connectivity index (χ2v) is 6.85. The number of pyridine rings is 1. The number of aryl methyl sites for hydroxylation is 1. The molecule has 0 N–H and O–H groups in total. The summed E-state index contributed by atoms with van der Waals surface area (Å²) in [5, 5.41) is 1.92. The summed E-state index contributed by atoms with van der Waals surface area (Å²) in [6, 6.07) is 4.06. The summed E-state index contributed by atoms with van der Waals surface area (Å²) >= 11 is 1.27. The van der Waals surface area contributed by atoms with Crippen LogP contribution in [0.1, 0.15) is 24.1 Å². The minimum Gasteiger partial charge on any atom is -0.377 e. The zero-order valence-electron chi connectivity index (χ0n) is 13.5. The first-order valence-electron chi connectivity index (χ1n) is 8.10. The lowest BCUT2D eigenvalue weighted by Crippen LogP contribution is -2.35. The van der Waals surface area contributed by atoms with Gasteiger partial charge in [0.25, 0.3) is 0 Å². The Kier molecular flexibility index (Phi) is 5.59. The Bertz CT molecular complexity index is 662. The highest BCUT2D eigenvalue weighted by Gasteiger charge is 2.19. The van der Waals surface area contributed by atoms with Gasteiger partial charge in [0.15, 0.2) is 0 Å². The Morgan fingerprint density at radius 1 is 1.52 bits per heavy atom. The number of rotatable bonds is 7. The molecule has 0 saturated carbocycles. The van der Waals surface area contributed by atoms with Gasteiger partial charge in [-0.05, 0) is 31.4 Å². The van der Waals surface area contributed by atoms with Crippen LogP contribution in [-0.4, -0.2) is 40.3 Å². The van der Waals surface area contributed by atoms with Crippen molar-refractivity contribution < 1.29 is 4.74 Å². The van der Waals surface area contributed by atoms with Gasteiger partial charge in [0.1, 0.15) is 0 Å². The van der Waals surface area contributed by atoms with Gasteiger partial charge in [0, 0.05) is 56.3 Å². The van der Waals surface area contributed by atoms with Gasteiger partial charge >= 0.3 is 4.87 Å². The van der Waals surface area contributed by atoms with Crippen molar-refractivity contribution in [2.24, 2.45) is 0 Å². The van der Waals surface area contributed by atoms with Crippen LogP contribution in [0.15, 0.2) is 34.7 Å². The molecule has 6 heteroatoms. The predicted octanol–water partition coefficient (Wildman–Crippen LogP) is 2.29. The fraction of sp³-hybridized carbons (Fsp3) is 0.529. The molecule has 0 aliphatic carbocycles. The van der Waals surface area contributed by atoms with Crippen LogP contribution in [0.3, 0.4) is 0 Å². The highest BCUT2D eigenvalue weighted by atomic mass is 32.1. The molecule has 2 aromatic heterocycles. The Labute approximate surface area is 140 Å². The van der Waals surface area contributed by atoms with E-state index in [9.17, 15) is 4.79 Å². The summed E-state index contributed by atoms with van der Waals surface area (Å²) in [5.74, 6) is 0. The quantitative estimate of drug-likeness (QED) is 0.780. The van der Waals surface area contributed by atoms with E-state index in [0.717, 1.165) is 51.3 Å². The maximum absolute atomic E-state index is 11.9. The highest BCUT2D eigenvalue weighted by Crippen LogP contribution is 2.15. The first-order chi connectivity index (χ1) is 11.2. The number of hydrogen-bond donors (Lipinski definition) is 0. The summed E-state index contributed by atoms with van der Waals surface area (Å²) in [6.45, 7) is 6.17. The SMILES string of the molecule is Cc1csc(=O)n1CCN(Cc1cccnc1)C[C@@H]1CCCO1. The molecule has 3 heterocycles. The van der Waals surface area contributed by atoms with Crippen LogP contribution in [0, 0.1) is 6.92 Å². The molecule has 0 radical (unpaired) electrons. The molecule has 23 heavy (non-hydrogen) atoms. The van der Waals surface area contributed by atoms with E-state index in [1.54, 1.807) is 6.20 Å². The number of aromatic nitrogens is 2. The standard InChI is InChI=1S/C17H23N3O2S/c1-14-13-23-17(21)20(14)8-7-19(12-16-5-3-9-22-16)11-15-4-2-6-18-10-15/h2,4,6,10,13,16H,3,5,7-9,11-12H2,1H3/t16-/m0/s1. The van der Waals surface area contributed by atoms with Crippen LogP contribution in [0.2, 0.25) is 0 Å². The van der Waals surface area contributed by atoms with Gasteiger partial charge in [-0.3, -0.25) is 14.7 Å². The fourth-order valence-corrected chi connectivity index (χ4v) is 3.74. The van der Waals surface area contributed by atoms with Gasteiger partial charge in [0.2, 0.25) is 0 Å². The summed E-state index contributed by atoms with van der Waals surface area (Å²) in [7, 11) is 0. The van der Waals surface area contributed by atoms with Crippen molar-refractivity contribution in [3.8, 4) is 0 Å². The van der Waals surface area contributed by atoms with Gasteiger partial charge < -0.3 is 9.30 Å². The molecule has 0 bridgehead atoms. The van der Waals surface area contributed by atoms with Gasteiger partial charge in [-0.25, -0.2) is 0 Å². The number of nitrogens with zero attached hydrogens (tertiary/aromatic N) is 3. The van der Waals surface area contributed by atoms with Crippen molar-refractivity contribution in [1.29, 1.82) is 0 Å². The van der Waals surface area contributed by atoms with Crippen LogP contribution in [-0.2, 0) is 17.8 Å². The lowest BCUT2D eigenvalue weighted by molar-refractivity contribution is 0.0692. The van der Waals surface area contributed by atoms with Crippen molar-refractivity contribution in [2.75, 3.05) is 19.7 Å². The molecule has 3 rings (SSSR count). The topological polar surface area (TPSA) is 47.4 Å². The van der Waals surface area contributed by atoms with Crippen molar-refractivity contribution in [3.05, 3.63) is 50.8 Å². The molecule has 1 aliphatic heterocycles. The van der Waals surface area contributed by atoms with E-state index in [1.807, 2.05) is 29.1 Å². The van der Waals surface area contributed by atoms with Crippen LogP contribution in [0.25, 0.3) is 0 Å². The van der Waals surface area contributed by atoms with Crippen molar-refractivity contribution >= 4 is 11.3 Å². The van der Waals surface area contributed by atoms with Crippen molar-refractivity contribution in [1.82, 2.24) is 14.5 Å². The van der Waals surface area contributed by atoms with Gasteiger partial charge in [-0.2, -0.15) is 0 Å². The molecule has 1 aliphatic rings. The van der Waals surface area contributed by atoms with Crippen LogP contribution in [0.4, 0.5) is 0 Å². The number of ether oxygens (including phenoxy) is 1. The average molecular weight is 333 g/mol. The zero-order chi connectivity index (χ0) is 16.1. The third kappa shape index (κ3) is 4.50. The molecule has 0 aromatic carbocycles. The number of hydrogen-bond acceptors (Lipinski definition) is 5. The Morgan fingerprint density at radius 2 is 2.43 bits per heavy atom. The summed E-state index contributed by atoms with van der Waals surface area (Å²) in [6.07, 6.45) is 6.29. The van der Waals surface area contributed by atoms with Crippen LogP contribution >= 0.6 is 11.3 Å². The fourth-order valence-electron chi connectivity index (χ4n) is 2.98. The molecule has 2 aromatic rings. The first kappa shape index (κ1) is 16.4. The van der Waals surface area contributed by atoms with Gasteiger partial charge in [0.05, 0.1) is 6.10 Å². The molecule has 1 fully saturated rings. The minimum atomic E-state index is 0.126. The highest BCUT2D eigenvalue weighted by molar-refractivity contribution is 7.07.